The Morgan fingerprint density at radius 1 is 1.17 bits per heavy atom. The molecule has 1 aliphatic heterocycles. The summed E-state index contributed by atoms with van der Waals surface area (Å²) >= 11 is 0. The second-order valence-corrected chi connectivity index (χ2v) is 6.51. The standard InChI is InChI=1S/C19H26N4/c1-15-13-23(16(2)11-20-15)14-17-9-10-19(21-12-17)22(3)18-7-5-4-6-8-18/h4-10,12,15-16,20H,11,13-14H2,1-3H3. The first kappa shape index (κ1) is 16.0. The van der Waals surface area contributed by atoms with Crippen LogP contribution in [0.25, 0.3) is 0 Å². The van der Waals surface area contributed by atoms with Gasteiger partial charge in [-0.1, -0.05) is 24.3 Å². The molecule has 0 spiro atoms. The number of pyridine rings is 1. The Kier molecular flexibility index (Phi) is 4.94. The van der Waals surface area contributed by atoms with E-state index in [0.717, 1.165) is 31.1 Å². The van der Waals surface area contributed by atoms with Gasteiger partial charge in [-0.2, -0.15) is 0 Å². The second-order valence-electron chi connectivity index (χ2n) is 6.51. The SMILES string of the molecule is CC1CN(Cc2ccc(N(C)c3ccccc3)nc2)C(C)CN1. The Bertz CT molecular complexity index is 611. The first-order chi connectivity index (χ1) is 11.1. The Morgan fingerprint density at radius 3 is 2.65 bits per heavy atom. The summed E-state index contributed by atoms with van der Waals surface area (Å²) in [7, 11) is 2.05. The van der Waals surface area contributed by atoms with Gasteiger partial charge < -0.3 is 10.2 Å². The molecule has 23 heavy (non-hydrogen) atoms. The van der Waals surface area contributed by atoms with Crippen molar-refractivity contribution in [2.75, 3.05) is 25.0 Å². The van der Waals surface area contributed by atoms with Crippen molar-refractivity contribution in [3.63, 3.8) is 0 Å². The lowest BCUT2D eigenvalue weighted by Gasteiger charge is -2.37. The van der Waals surface area contributed by atoms with Gasteiger partial charge in [-0.15, -0.1) is 0 Å². The minimum Gasteiger partial charge on any atom is -0.329 e. The van der Waals surface area contributed by atoms with Gasteiger partial charge in [0, 0.05) is 50.6 Å². The van der Waals surface area contributed by atoms with Gasteiger partial charge in [-0.25, -0.2) is 4.98 Å². The number of nitrogens with zero attached hydrogens (tertiary/aromatic N) is 3. The van der Waals surface area contributed by atoms with Gasteiger partial charge in [0.1, 0.15) is 5.82 Å². The smallest absolute Gasteiger partial charge is 0.132 e. The van der Waals surface area contributed by atoms with Crippen LogP contribution in [0.2, 0.25) is 0 Å². The summed E-state index contributed by atoms with van der Waals surface area (Å²) in [4.78, 5) is 9.29. The number of hydrogen-bond donors (Lipinski definition) is 1. The van der Waals surface area contributed by atoms with E-state index in [1.807, 2.05) is 24.4 Å². The van der Waals surface area contributed by atoms with Crippen molar-refractivity contribution in [1.82, 2.24) is 15.2 Å². The molecule has 1 aliphatic rings. The molecule has 0 bridgehead atoms. The molecule has 1 aromatic carbocycles. The maximum absolute atomic E-state index is 4.65. The molecular formula is C19H26N4. The van der Waals surface area contributed by atoms with E-state index < -0.39 is 0 Å². The summed E-state index contributed by atoms with van der Waals surface area (Å²) in [6.45, 7) is 7.64. The summed E-state index contributed by atoms with van der Waals surface area (Å²) < 4.78 is 0. The van der Waals surface area contributed by atoms with Crippen LogP contribution in [-0.4, -0.2) is 42.1 Å². The Balaban J connectivity index is 1.67. The molecule has 1 N–H and O–H groups in total. The van der Waals surface area contributed by atoms with Crippen molar-refractivity contribution in [3.8, 4) is 0 Å². The fraction of sp³-hybridized carbons (Fsp3) is 0.421. The molecule has 1 saturated heterocycles. The van der Waals surface area contributed by atoms with Crippen molar-refractivity contribution >= 4 is 11.5 Å². The van der Waals surface area contributed by atoms with Gasteiger partial charge in [0.2, 0.25) is 0 Å². The average Bonchev–Trinajstić information content (AvgIpc) is 2.59. The Hall–Kier alpha value is -1.91. The number of benzene rings is 1. The zero-order chi connectivity index (χ0) is 16.2. The number of para-hydroxylation sites is 1. The fourth-order valence-electron chi connectivity index (χ4n) is 3.04. The predicted octanol–water partition coefficient (Wildman–Crippen LogP) is 3.03. The predicted molar refractivity (Wildman–Crippen MR) is 96.1 cm³/mol. The highest BCUT2D eigenvalue weighted by molar-refractivity contribution is 5.58. The molecule has 0 radical (unpaired) electrons. The van der Waals surface area contributed by atoms with Gasteiger partial charge in [-0.05, 0) is 37.6 Å². The molecule has 2 heterocycles. The van der Waals surface area contributed by atoms with E-state index in [1.54, 1.807) is 0 Å². The van der Waals surface area contributed by atoms with Crippen molar-refractivity contribution in [2.24, 2.45) is 0 Å². The lowest BCUT2D eigenvalue weighted by molar-refractivity contribution is 0.138. The third-order valence-corrected chi connectivity index (χ3v) is 4.58. The molecule has 2 unspecified atom stereocenters. The number of anilines is 2. The van der Waals surface area contributed by atoms with Crippen LogP contribution in [0.15, 0.2) is 48.7 Å². The molecule has 0 aliphatic carbocycles. The van der Waals surface area contributed by atoms with Crippen LogP contribution in [0.5, 0.6) is 0 Å². The van der Waals surface area contributed by atoms with Gasteiger partial charge in [0.15, 0.2) is 0 Å². The van der Waals surface area contributed by atoms with Crippen LogP contribution >= 0.6 is 0 Å². The molecule has 3 rings (SSSR count). The number of piperazine rings is 1. The van der Waals surface area contributed by atoms with Crippen LogP contribution in [0.1, 0.15) is 19.4 Å². The van der Waals surface area contributed by atoms with Gasteiger partial charge >= 0.3 is 0 Å². The van der Waals surface area contributed by atoms with Crippen LogP contribution in [0, 0.1) is 0 Å². The number of hydrogen-bond acceptors (Lipinski definition) is 4. The van der Waals surface area contributed by atoms with E-state index in [2.05, 4.69) is 65.3 Å². The summed E-state index contributed by atoms with van der Waals surface area (Å²) in [6, 6.07) is 15.8. The van der Waals surface area contributed by atoms with E-state index >= 15 is 0 Å². The normalized spacial score (nSPS) is 22.0. The van der Waals surface area contributed by atoms with Gasteiger partial charge in [-0.3, -0.25) is 4.90 Å². The highest BCUT2D eigenvalue weighted by atomic mass is 15.2. The average molecular weight is 310 g/mol. The molecule has 2 aromatic rings. The highest BCUT2D eigenvalue weighted by Crippen LogP contribution is 2.21. The third-order valence-electron chi connectivity index (χ3n) is 4.58. The van der Waals surface area contributed by atoms with Crippen molar-refractivity contribution in [1.29, 1.82) is 0 Å². The largest absolute Gasteiger partial charge is 0.329 e. The van der Waals surface area contributed by atoms with Gasteiger partial charge in [0.25, 0.3) is 0 Å². The summed E-state index contributed by atoms with van der Waals surface area (Å²) in [5, 5.41) is 3.53. The molecule has 1 fully saturated rings. The topological polar surface area (TPSA) is 31.4 Å². The van der Waals surface area contributed by atoms with E-state index in [1.165, 1.54) is 5.56 Å². The minimum absolute atomic E-state index is 0.558. The van der Waals surface area contributed by atoms with Crippen LogP contribution in [-0.2, 0) is 6.54 Å². The zero-order valence-corrected chi connectivity index (χ0v) is 14.2. The monoisotopic (exact) mass is 310 g/mol. The maximum Gasteiger partial charge on any atom is 0.132 e. The van der Waals surface area contributed by atoms with E-state index in [9.17, 15) is 0 Å². The second kappa shape index (κ2) is 7.11. The fourth-order valence-corrected chi connectivity index (χ4v) is 3.04. The summed E-state index contributed by atoms with van der Waals surface area (Å²) in [6.07, 6.45) is 2.01. The van der Waals surface area contributed by atoms with Crippen LogP contribution in [0.3, 0.4) is 0 Å². The zero-order valence-electron chi connectivity index (χ0n) is 14.2. The Labute approximate surface area is 139 Å². The first-order valence-corrected chi connectivity index (χ1v) is 8.34. The van der Waals surface area contributed by atoms with Crippen LogP contribution in [0.4, 0.5) is 11.5 Å². The minimum atomic E-state index is 0.558. The molecule has 4 nitrogen and oxygen atoms in total. The first-order valence-electron chi connectivity index (χ1n) is 8.34. The molecule has 2 atom stereocenters. The third kappa shape index (κ3) is 3.89. The number of rotatable bonds is 4. The number of aromatic nitrogens is 1. The molecule has 4 heteroatoms. The molecule has 0 saturated carbocycles. The molecule has 122 valence electrons. The maximum atomic E-state index is 4.65. The van der Waals surface area contributed by atoms with E-state index in [4.69, 9.17) is 0 Å². The quantitative estimate of drug-likeness (QED) is 0.940. The van der Waals surface area contributed by atoms with Crippen molar-refractivity contribution < 1.29 is 0 Å². The molecule has 0 amide bonds. The number of nitrogens with one attached hydrogen (secondary N) is 1. The van der Waals surface area contributed by atoms with Crippen molar-refractivity contribution in [3.05, 3.63) is 54.2 Å². The van der Waals surface area contributed by atoms with Gasteiger partial charge in [0.05, 0.1) is 0 Å². The van der Waals surface area contributed by atoms with Crippen LogP contribution < -0.4 is 10.2 Å². The molecule has 1 aromatic heterocycles. The lowest BCUT2D eigenvalue weighted by atomic mass is 10.1. The van der Waals surface area contributed by atoms with E-state index in [-0.39, 0.29) is 0 Å². The summed E-state index contributed by atoms with van der Waals surface area (Å²) in [5.41, 5.74) is 2.42. The molecular weight excluding hydrogens is 284 g/mol. The lowest BCUT2D eigenvalue weighted by Crippen LogP contribution is -2.53. The van der Waals surface area contributed by atoms with E-state index in [0.29, 0.717) is 12.1 Å². The summed E-state index contributed by atoms with van der Waals surface area (Å²) in [5.74, 6) is 0.974. The highest BCUT2D eigenvalue weighted by Gasteiger charge is 2.22. The Morgan fingerprint density at radius 2 is 1.96 bits per heavy atom. The van der Waals surface area contributed by atoms with Crippen molar-refractivity contribution in [2.45, 2.75) is 32.5 Å².